The summed E-state index contributed by atoms with van der Waals surface area (Å²) >= 11 is 0. The Kier molecular flexibility index (Phi) is 4.88. The molecular weight excluding hydrogens is 317 g/mol. The number of hydrogen-bond acceptors (Lipinski definition) is 3. The molecule has 1 atom stereocenters. The second-order valence-electron chi connectivity index (χ2n) is 5.14. The summed E-state index contributed by atoms with van der Waals surface area (Å²) in [6.45, 7) is 2.60. The second-order valence-corrected chi connectivity index (χ2v) is 7.70. The maximum Gasteiger partial charge on any atom is 0.261 e. The highest BCUT2D eigenvalue weighted by atomic mass is 35.7. The molecule has 0 aliphatic carbocycles. The van der Waals surface area contributed by atoms with Gasteiger partial charge in [-0.1, -0.05) is 6.92 Å². The molecule has 1 aliphatic heterocycles. The zero-order chi connectivity index (χ0) is 15.6. The fraction of sp³-hybridized carbons (Fsp3) is 0.500. The van der Waals surface area contributed by atoms with Crippen LogP contribution in [0.3, 0.4) is 0 Å². The van der Waals surface area contributed by atoms with Crippen molar-refractivity contribution in [1.29, 1.82) is 0 Å². The number of nitrogens with zero attached hydrogens (tertiary/aromatic N) is 1. The molecular formula is C14H17ClFNO3S. The Bertz CT molecular complexity index is 648. The van der Waals surface area contributed by atoms with Crippen LogP contribution in [0.5, 0.6) is 0 Å². The summed E-state index contributed by atoms with van der Waals surface area (Å²) in [6, 6.07) is 3.25. The number of benzene rings is 1. The van der Waals surface area contributed by atoms with E-state index in [1.165, 1.54) is 6.07 Å². The van der Waals surface area contributed by atoms with Gasteiger partial charge in [0, 0.05) is 23.3 Å². The minimum Gasteiger partial charge on any atom is -0.336 e. The van der Waals surface area contributed by atoms with Crippen LogP contribution in [0.2, 0.25) is 0 Å². The van der Waals surface area contributed by atoms with E-state index in [0.29, 0.717) is 6.54 Å². The fourth-order valence-electron chi connectivity index (χ4n) is 2.67. The predicted octanol–water partition coefficient (Wildman–Crippen LogP) is 3.16. The fourth-order valence-corrected chi connectivity index (χ4v) is 3.43. The van der Waals surface area contributed by atoms with Crippen molar-refractivity contribution in [2.75, 3.05) is 6.54 Å². The molecule has 1 saturated heterocycles. The standard InChI is InChI=1S/C14H17ClFNO3S/c1-2-10-5-3-4-8-17(10)14(18)12-7-6-11(9-13(12)16)21(15,19)20/h6-7,9-10H,2-5,8H2,1H3. The highest BCUT2D eigenvalue weighted by molar-refractivity contribution is 8.13. The number of piperidine rings is 1. The van der Waals surface area contributed by atoms with E-state index in [1.54, 1.807) is 4.90 Å². The first-order chi connectivity index (χ1) is 9.84. The van der Waals surface area contributed by atoms with Gasteiger partial charge in [-0.3, -0.25) is 4.79 Å². The van der Waals surface area contributed by atoms with Crippen LogP contribution in [-0.2, 0) is 9.05 Å². The molecule has 1 aliphatic rings. The maximum absolute atomic E-state index is 14.0. The van der Waals surface area contributed by atoms with Crippen molar-refractivity contribution in [1.82, 2.24) is 4.90 Å². The largest absolute Gasteiger partial charge is 0.336 e. The SMILES string of the molecule is CCC1CCCCN1C(=O)c1ccc(S(=O)(=O)Cl)cc1F. The molecule has 0 aromatic heterocycles. The zero-order valence-electron chi connectivity index (χ0n) is 11.7. The van der Waals surface area contributed by atoms with Gasteiger partial charge in [0.05, 0.1) is 10.5 Å². The van der Waals surface area contributed by atoms with Crippen LogP contribution in [0.15, 0.2) is 23.1 Å². The van der Waals surface area contributed by atoms with E-state index in [1.807, 2.05) is 6.92 Å². The summed E-state index contributed by atoms with van der Waals surface area (Å²) in [4.78, 5) is 13.8. The molecule has 0 bridgehead atoms. The van der Waals surface area contributed by atoms with Crippen LogP contribution in [0.4, 0.5) is 4.39 Å². The van der Waals surface area contributed by atoms with Gasteiger partial charge in [0.25, 0.3) is 15.0 Å². The minimum atomic E-state index is -4.00. The Hall–Kier alpha value is -1.14. The molecule has 0 N–H and O–H groups in total. The third kappa shape index (κ3) is 3.55. The van der Waals surface area contributed by atoms with E-state index < -0.39 is 20.8 Å². The molecule has 1 amide bonds. The molecule has 1 aromatic rings. The molecule has 1 aromatic carbocycles. The lowest BCUT2D eigenvalue weighted by Gasteiger charge is -2.35. The van der Waals surface area contributed by atoms with E-state index in [4.69, 9.17) is 10.7 Å². The third-order valence-electron chi connectivity index (χ3n) is 3.81. The van der Waals surface area contributed by atoms with Crippen LogP contribution in [0.1, 0.15) is 43.0 Å². The Labute approximate surface area is 128 Å². The van der Waals surface area contributed by atoms with Gasteiger partial charge in [0.1, 0.15) is 5.82 Å². The molecule has 7 heteroatoms. The van der Waals surface area contributed by atoms with Crippen molar-refractivity contribution in [2.45, 2.75) is 43.5 Å². The number of amides is 1. The average Bonchev–Trinajstić information content (AvgIpc) is 2.45. The van der Waals surface area contributed by atoms with E-state index in [9.17, 15) is 17.6 Å². The summed E-state index contributed by atoms with van der Waals surface area (Å²) in [5.41, 5.74) is -0.112. The van der Waals surface area contributed by atoms with Crippen molar-refractivity contribution in [3.8, 4) is 0 Å². The molecule has 116 valence electrons. The molecule has 21 heavy (non-hydrogen) atoms. The van der Waals surface area contributed by atoms with Crippen molar-refractivity contribution in [3.63, 3.8) is 0 Å². The highest BCUT2D eigenvalue weighted by Crippen LogP contribution is 2.24. The summed E-state index contributed by atoms with van der Waals surface area (Å²) in [5.74, 6) is -1.25. The van der Waals surface area contributed by atoms with Gasteiger partial charge < -0.3 is 4.90 Å². The number of halogens is 2. The van der Waals surface area contributed by atoms with Gasteiger partial charge in [-0.25, -0.2) is 12.8 Å². The minimum absolute atomic E-state index is 0.112. The molecule has 0 spiro atoms. The quantitative estimate of drug-likeness (QED) is 0.798. The van der Waals surface area contributed by atoms with E-state index in [-0.39, 0.29) is 16.5 Å². The lowest BCUT2D eigenvalue weighted by Crippen LogP contribution is -2.43. The maximum atomic E-state index is 14.0. The van der Waals surface area contributed by atoms with Gasteiger partial charge >= 0.3 is 0 Å². The van der Waals surface area contributed by atoms with Gasteiger partial charge in [-0.05, 0) is 43.9 Å². The third-order valence-corrected chi connectivity index (χ3v) is 5.16. The van der Waals surface area contributed by atoms with Crippen molar-refractivity contribution in [3.05, 3.63) is 29.6 Å². The van der Waals surface area contributed by atoms with E-state index >= 15 is 0 Å². The van der Waals surface area contributed by atoms with E-state index in [0.717, 1.165) is 37.8 Å². The van der Waals surface area contributed by atoms with Crippen molar-refractivity contribution < 1.29 is 17.6 Å². The lowest BCUT2D eigenvalue weighted by atomic mass is 9.99. The topological polar surface area (TPSA) is 54.5 Å². The van der Waals surface area contributed by atoms with Gasteiger partial charge in [0.2, 0.25) is 0 Å². The van der Waals surface area contributed by atoms with Crippen molar-refractivity contribution in [2.24, 2.45) is 0 Å². The normalized spacial score (nSPS) is 19.6. The first-order valence-electron chi connectivity index (χ1n) is 6.89. The second kappa shape index (κ2) is 6.32. The molecule has 0 saturated carbocycles. The smallest absolute Gasteiger partial charge is 0.261 e. The Morgan fingerprint density at radius 2 is 2.14 bits per heavy atom. The number of likely N-dealkylation sites (tertiary alicyclic amines) is 1. The van der Waals surface area contributed by atoms with Gasteiger partial charge in [0.15, 0.2) is 0 Å². The number of hydrogen-bond donors (Lipinski definition) is 0. The summed E-state index contributed by atoms with van der Waals surface area (Å²) in [6.07, 6.45) is 3.70. The van der Waals surface area contributed by atoms with Gasteiger partial charge in [-0.15, -0.1) is 0 Å². The van der Waals surface area contributed by atoms with E-state index in [2.05, 4.69) is 0 Å². The number of carbonyl (C=O) groups excluding carboxylic acids is 1. The zero-order valence-corrected chi connectivity index (χ0v) is 13.3. The molecule has 1 fully saturated rings. The number of rotatable bonds is 3. The van der Waals surface area contributed by atoms with Crippen LogP contribution >= 0.6 is 10.7 Å². The van der Waals surface area contributed by atoms with Crippen LogP contribution in [0, 0.1) is 5.82 Å². The average molecular weight is 334 g/mol. The first-order valence-corrected chi connectivity index (χ1v) is 9.20. The van der Waals surface area contributed by atoms with Crippen molar-refractivity contribution >= 4 is 25.6 Å². The summed E-state index contributed by atoms with van der Waals surface area (Å²) in [5, 5.41) is 0. The summed E-state index contributed by atoms with van der Waals surface area (Å²) in [7, 11) is 1.17. The van der Waals surface area contributed by atoms with Gasteiger partial charge in [-0.2, -0.15) is 0 Å². The number of carbonyl (C=O) groups is 1. The Balaban J connectivity index is 2.31. The Morgan fingerprint density at radius 3 is 2.71 bits per heavy atom. The highest BCUT2D eigenvalue weighted by Gasteiger charge is 2.28. The van der Waals surface area contributed by atoms with Crippen LogP contribution in [-0.4, -0.2) is 31.8 Å². The molecule has 1 heterocycles. The predicted molar refractivity (Wildman–Crippen MR) is 78.4 cm³/mol. The molecule has 1 unspecified atom stereocenters. The van der Waals surface area contributed by atoms with Crippen LogP contribution < -0.4 is 0 Å². The lowest BCUT2D eigenvalue weighted by molar-refractivity contribution is 0.0603. The van der Waals surface area contributed by atoms with Crippen LogP contribution in [0.25, 0.3) is 0 Å². The monoisotopic (exact) mass is 333 g/mol. The first kappa shape index (κ1) is 16.2. The summed E-state index contributed by atoms with van der Waals surface area (Å²) < 4.78 is 36.4. The molecule has 4 nitrogen and oxygen atoms in total. The Morgan fingerprint density at radius 1 is 1.43 bits per heavy atom. The molecule has 2 rings (SSSR count). The molecule has 0 radical (unpaired) electrons.